The Bertz CT molecular complexity index is 529. The lowest BCUT2D eigenvalue weighted by Crippen LogP contribution is -2.59. The zero-order chi connectivity index (χ0) is 16.8. The third kappa shape index (κ3) is 4.35. The minimum Gasteiger partial charge on any atom is -0.380 e. The van der Waals surface area contributed by atoms with Crippen molar-refractivity contribution >= 4 is 5.91 Å². The fourth-order valence-electron chi connectivity index (χ4n) is 3.66. The number of nitrogens with zero attached hydrogens (tertiary/aromatic N) is 2. The number of amides is 1. The van der Waals surface area contributed by atoms with Crippen molar-refractivity contribution < 1.29 is 14.6 Å². The van der Waals surface area contributed by atoms with E-state index >= 15 is 0 Å². The van der Waals surface area contributed by atoms with E-state index < -0.39 is 5.60 Å². The van der Waals surface area contributed by atoms with Crippen LogP contribution >= 0.6 is 0 Å². The highest BCUT2D eigenvalue weighted by Gasteiger charge is 2.43. The fourth-order valence-corrected chi connectivity index (χ4v) is 3.66. The maximum Gasteiger partial charge on any atom is 0.255 e. The van der Waals surface area contributed by atoms with Crippen molar-refractivity contribution in [2.45, 2.75) is 31.3 Å². The second-order valence-corrected chi connectivity index (χ2v) is 6.91. The second-order valence-electron chi connectivity index (χ2n) is 6.91. The molecule has 2 heterocycles. The van der Waals surface area contributed by atoms with Gasteiger partial charge in [-0.25, -0.2) is 0 Å². The monoisotopic (exact) mass is 332 g/mol. The minimum absolute atomic E-state index is 0.102. The van der Waals surface area contributed by atoms with Gasteiger partial charge in [0.15, 0.2) is 5.60 Å². The van der Waals surface area contributed by atoms with Gasteiger partial charge in [-0.05, 0) is 31.2 Å². The van der Waals surface area contributed by atoms with Gasteiger partial charge in [-0.3, -0.25) is 9.69 Å². The van der Waals surface area contributed by atoms with E-state index in [1.165, 1.54) is 5.56 Å². The molecule has 2 fully saturated rings. The first kappa shape index (κ1) is 17.4. The third-order valence-electron chi connectivity index (χ3n) is 5.02. The van der Waals surface area contributed by atoms with E-state index in [4.69, 9.17) is 4.74 Å². The average Bonchev–Trinajstić information content (AvgIpc) is 2.86. The summed E-state index contributed by atoms with van der Waals surface area (Å²) in [5.74, 6) is -0.102. The summed E-state index contributed by atoms with van der Waals surface area (Å²) in [6.07, 6.45) is 3.22. The normalized spacial score (nSPS) is 26.4. The third-order valence-corrected chi connectivity index (χ3v) is 5.02. The SMILES string of the molecule is O=C1N(CCc2ccccc2)CCCC1(O)CN1CCCOCC1. The summed E-state index contributed by atoms with van der Waals surface area (Å²) in [5.41, 5.74) is -0.0108. The average molecular weight is 332 g/mol. The Morgan fingerprint density at radius 3 is 2.75 bits per heavy atom. The van der Waals surface area contributed by atoms with Gasteiger partial charge >= 0.3 is 0 Å². The lowest BCUT2D eigenvalue weighted by Gasteiger charge is -2.40. The van der Waals surface area contributed by atoms with E-state index in [0.717, 1.165) is 45.5 Å². The van der Waals surface area contributed by atoms with Crippen LogP contribution < -0.4 is 0 Å². The van der Waals surface area contributed by atoms with Gasteiger partial charge in [0, 0.05) is 39.3 Å². The van der Waals surface area contributed by atoms with Crippen LogP contribution in [0.4, 0.5) is 0 Å². The Morgan fingerprint density at radius 1 is 1.08 bits per heavy atom. The largest absolute Gasteiger partial charge is 0.380 e. The van der Waals surface area contributed by atoms with E-state index in [9.17, 15) is 9.90 Å². The molecule has 0 saturated carbocycles. The summed E-state index contributed by atoms with van der Waals surface area (Å²) in [4.78, 5) is 16.9. The molecule has 0 spiro atoms. The summed E-state index contributed by atoms with van der Waals surface area (Å²) >= 11 is 0. The first-order valence-corrected chi connectivity index (χ1v) is 9.03. The Labute approximate surface area is 144 Å². The molecule has 24 heavy (non-hydrogen) atoms. The molecule has 0 radical (unpaired) electrons. The zero-order valence-corrected chi connectivity index (χ0v) is 14.3. The summed E-state index contributed by atoms with van der Waals surface area (Å²) in [5, 5.41) is 11.0. The van der Waals surface area contributed by atoms with Crippen LogP contribution in [-0.4, -0.2) is 72.4 Å². The van der Waals surface area contributed by atoms with Crippen molar-refractivity contribution in [1.29, 1.82) is 0 Å². The lowest BCUT2D eigenvalue weighted by atomic mass is 9.90. The van der Waals surface area contributed by atoms with Crippen LogP contribution in [0.3, 0.4) is 0 Å². The number of hydrogen-bond acceptors (Lipinski definition) is 4. The smallest absolute Gasteiger partial charge is 0.255 e. The highest BCUT2D eigenvalue weighted by Crippen LogP contribution is 2.24. The maximum absolute atomic E-state index is 12.8. The second kappa shape index (κ2) is 8.10. The Hall–Kier alpha value is -1.43. The number of rotatable bonds is 5. The van der Waals surface area contributed by atoms with Crippen LogP contribution in [0.25, 0.3) is 0 Å². The van der Waals surface area contributed by atoms with Crippen molar-refractivity contribution in [2.75, 3.05) is 45.9 Å². The summed E-state index contributed by atoms with van der Waals surface area (Å²) in [7, 11) is 0. The molecule has 1 atom stereocenters. The van der Waals surface area contributed by atoms with Crippen LogP contribution in [0.5, 0.6) is 0 Å². The number of hydrogen-bond donors (Lipinski definition) is 1. The molecule has 5 nitrogen and oxygen atoms in total. The Balaban J connectivity index is 1.58. The maximum atomic E-state index is 12.8. The molecule has 3 rings (SSSR count). The molecule has 0 bridgehead atoms. The molecule has 2 aliphatic heterocycles. The van der Waals surface area contributed by atoms with Crippen LogP contribution in [-0.2, 0) is 16.0 Å². The van der Waals surface area contributed by atoms with Gasteiger partial charge in [0.1, 0.15) is 0 Å². The standard InChI is InChI=1S/C19H28N2O3/c22-18-19(23,16-20-10-5-14-24-15-13-20)9-4-11-21(18)12-8-17-6-2-1-3-7-17/h1-3,6-7,23H,4-5,8-16H2. The quantitative estimate of drug-likeness (QED) is 0.883. The molecule has 2 aliphatic rings. The number of β-amino-alcohol motifs (C(OH)–C–C–N with tert-alkyl or cyclic N) is 1. The van der Waals surface area contributed by atoms with Crippen molar-refractivity contribution in [3.8, 4) is 0 Å². The van der Waals surface area contributed by atoms with Crippen molar-refractivity contribution in [1.82, 2.24) is 9.80 Å². The number of carbonyl (C=O) groups is 1. The number of benzene rings is 1. The molecule has 132 valence electrons. The van der Waals surface area contributed by atoms with Crippen LogP contribution in [0.15, 0.2) is 30.3 Å². The zero-order valence-electron chi connectivity index (χ0n) is 14.3. The predicted molar refractivity (Wildman–Crippen MR) is 92.8 cm³/mol. The number of carbonyl (C=O) groups excluding carboxylic acids is 1. The van der Waals surface area contributed by atoms with Gasteiger partial charge in [-0.2, -0.15) is 0 Å². The van der Waals surface area contributed by atoms with Crippen LogP contribution in [0.1, 0.15) is 24.8 Å². The molecule has 1 aromatic carbocycles. The Kier molecular flexibility index (Phi) is 5.87. The highest BCUT2D eigenvalue weighted by atomic mass is 16.5. The molecule has 1 unspecified atom stereocenters. The van der Waals surface area contributed by atoms with E-state index in [1.807, 2.05) is 23.1 Å². The van der Waals surface area contributed by atoms with E-state index in [-0.39, 0.29) is 5.91 Å². The number of piperidine rings is 1. The van der Waals surface area contributed by atoms with Gasteiger partial charge in [0.25, 0.3) is 5.91 Å². The predicted octanol–water partition coefficient (Wildman–Crippen LogP) is 1.30. The van der Waals surface area contributed by atoms with Gasteiger partial charge in [-0.15, -0.1) is 0 Å². The molecule has 1 N–H and O–H groups in total. The molecule has 1 amide bonds. The molecule has 5 heteroatoms. The summed E-state index contributed by atoms with van der Waals surface area (Å²) in [6, 6.07) is 10.2. The fraction of sp³-hybridized carbons (Fsp3) is 0.632. The number of aliphatic hydroxyl groups is 1. The first-order chi connectivity index (χ1) is 11.7. The van der Waals surface area contributed by atoms with Crippen molar-refractivity contribution in [3.63, 3.8) is 0 Å². The number of likely N-dealkylation sites (tertiary alicyclic amines) is 1. The summed E-state index contributed by atoms with van der Waals surface area (Å²) in [6.45, 7) is 4.98. The number of ether oxygens (including phenoxy) is 1. The van der Waals surface area contributed by atoms with E-state index in [2.05, 4.69) is 17.0 Å². The molecular formula is C19H28N2O3. The molecule has 0 aromatic heterocycles. The van der Waals surface area contributed by atoms with Crippen LogP contribution in [0, 0.1) is 0 Å². The topological polar surface area (TPSA) is 53.0 Å². The first-order valence-electron chi connectivity index (χ1n) is 9.03. The molecule has 2 saturated heterocycles. The molecule has 1 aromatic rings. The minimum atomic E-state index is -1.24. The molecular weight excluding hydrogens is 304 g/mol. The Morgan fingerprint density at radius 2 is 1.92 bits per heavy atom. The van der Waals surface area contributed by atoms with Crippen molar-refractivity contribution in [3.05, 3.63) is 35.9 Å². The van der Waals surface area contributed by atoms with Gasteiger partial charge < -0.3 is 14.7 Å². The van der Waals surface area contributed by atoms with Gasteiger partial charge in [-0.1, -0.05) is 30.3 Å². The van der Waals surface area contributed by atoms with Gasteiger partial charge in [0.05, 0.1) is 6.61 Å². The van der Waals surface area contributed by atoms with E-state index in [0.29, 0.717) is 26.1 Å². The lowest BCUT2D eigenvalue weighted by molar-refractivity contribution is -0.159. The molecule has 0 aliphatic carbocycles. The summed E-state index contributed by atoms with van der Waals surface area (Å²) < 4.78 is 5.46. The van der Waals surface area contributed by atoms with E-state index in [1.54, 1.807) is 0 Å². The van der Waals surface area contributed by atoms with Gasteiger partial charge in [0.2, 0.25) is 0 Å². The van der Waals surface area contributed by atoms with Crippen molar-refractivity contribution in [2.24, 2.45) is 0 Å². The highest BCUT2D eigenvalue weighted by molar-refractivity contribution is 5.86. The van der Waals surface area contributed by atoms with Crippen LogP contribution in [0.2, 0.25) is 0 Å².